The lowest BCUT2D eigenvalue weighted by atomic mass is 10.1. The van der Waals surface area contributed by atoms with Crippen molar-refractivity contribution in [2.75, 3.05) is 0 Å². The SMILES string of the molecule is CC(C)(C)NC(=O)c1nc(Cc2ccccc2)n(-c2ccccc2)n1. The van der Waals surface area contributed by atoms with Crippen molar-refractivity contribution in [1.29, 1.82) is 0 Å². The summed E-state index contributed by atoms with van der Waals surface area (Å²) >= 11 is 0. The molecule has 0 unspecified atom stereocenters. The highest BCUT2D eigenvalue weighted by Gasteiger charge is 2.21. The minimum absolute atomic E-state index is 0.185. The molecule has 3 rings (SSSR count). The molecule has 5 heteroatoms. The number of amides is 1. The van der Waals surface area contributed by atoms with Gasteiger partial charge in [0.1, 0.15) is 5.82 Å². The van der Waals surface area contributed by atoms with Crippen LogP contribution in [0.25, 0.3) is 5.69 Å². The van der Waals surface area contributed by atoms with E-state index in [0.717, 1.165) is 17.1 Å². The summed E-state index contributed by atoms with van der Waals surface area (Å²) in [4.78, 5) is 17.0. The molecular formula is C20H22N4O. The minimum Gasteiger partial charge on any atom is -0.345 e. The lowest BCUT2D eigenvalue weighted by Gasteiger charge is -2.18. The molecule has 1 heterocycles. The first-order chi connectivity index (χ1) is 11.9. The van der Waals surface area contributed by atoms with E-state index in [9.17, 15) is 4.79 Å². The Bertz CT molecular complexity index is 848. The molecule has 0 aliphatic carbocycles. The van der Waals surface area contributed by atoms with Crippen molar-refractivity contribution in [1.82, 2.24) is 20.1 Å². The van der Waals surface area contributed by atoms with Crippen LogP contribution in [-0.2, 0) is 6.42 Å². The van der Waals surface area contributed by atoms with E-state index >= 15 is 0 Å². The van der Waals surface area contributed by atoms with Crippen molar-refractivity contribution in [3.05, 3.63) is 77.9 Å². The van der Waals surface area contributed by atoms with Gasteiger partial charge in [-0.2, -0.15) is 0 Å². The average molecular weight is 334 g/mol. The third-order valence-electron chi connectivity index (χ3n) is 3.57. The normalized spacial score (nSPS) is 11.3. The molecule has 0 spiro atoms. The molecule has 0 aliphatic heterocycles. The summed E-state index contributed by atoms with van der Waals surface area (Å²) in [5, 5.41) is 7.37. The maximum absolute atomic E-state index is 12.5. The monoisotopic (exact) mass is 334 g/mol. The Morgan fingerprint density at radius 2 is 1.60 bits per heavy atom. The van der Waals surface area contributed by atoms with Crippen molar-refractivity contribution < 1.29 is 4.79 Å². The number of benzene rings is 2. The third-order valence-corrected chi connectivity index (χ3v) is 3.57. The lowest BCUT2D eigenvalue weighted by molar-refractivity contribution is 0.0909. The van der Waals surface area contributed by atoms with Gasteiger partial charge in [0.05, 0.1) is 5.69 Å². The first-order valence-electron chi connectivity index (χ1n) is 8.30. The third kappa shape index (κ3) is 4.32. The van der Waals surface area contributed by atoms with Crippen LogP contribution < -0.4 is 5.32 Å². The van der Waals surface area contributed by atoms with E-state index in [2.05, 4.69) is 15.4 Å². The van der Waals surface area contributed by atoms with Gasteiger partial charge >= 0.3 is 0 Å². The van der Waals surface area contributed by atoms with Crippen LogP contribution in [0, 0.1) is 0 Å². The quantitative estimate of drug-likeness (QED) is 0.795. The van der Waals surface area contributed by atoms with E-state index in [1.54, 1.807) is 4.68 Å². The van der Waals surface area contributed by atoms with Gasteiger partial charge in [-0.1, -0.05) is 48.5 Å². The number of hydrogen-bond acceptors (Lipinski definition) is 3. The van der Waals surface area contributed by atoms with Crippen LogP contribution in [0.3, 0.4) is 0 Å². The fourth-order valence-corrected chi connectivity index (χ4v) is 2.51. The fourth-order valence-electron chi connectivity index (χ4n) is 2.51. The molecule has 0 aliphatic rings. The number of nitrogens with one attached hydrogen (secondary N) is 1. The van der Waals surface area contributed by atoms with Crippen LogP contribution in [0.5, 0.6) is 0 Å². The standard InChI is InChI=1S/C20H22N4O/c1-20(2,3)22-19(25)18-21-17(14-15-10-6-4-7-11-15)24(23-18)16-12-8-5-9-13-16/h4-13H,14H2,1-3H3,(H,22,25). The van der Waals surface area contributed by atoms with Crippen molar-refractivity contribution in [3.63, 3.8) is 0 Å². The molecule has 3 aromatic rings. The topological polar surface area (TPSA) is 59.8 Å². The van der Waals surface area contributed by atoms with E-state index in [0.29, 0.717) is 6.42 Å². The van der Waals surface area contributed by atoms with Crippen LogP contribution in [0.4, 0.5) is 0 Å². The maximum Gasteiger partial charge on any atom is 0.291 e. The first kappa shape index (κ1) is 16.9. The molecule has 128 valence electrons. The van der Waals surface area contributed by atoms with Crippen molar-refractivity contribution >= 4 is 5.91 Å². The molecule has 0 saturated heterocycles. The van der Waals surface area contributed by atoms with E-state index in [4.69, 9.17) is 0 Å². The Labute approximate surface area is 147 Å². The van der Waals surface area contributed by atoms with Crippen LogP contribution >= 0.6 is 0 Å². The van der Waals surface area contributed by atoms with Crippen molar-refractivity contribution in [2.45, 2.75) is 32.7 Å². The highest BCUT2D eigenvalue weighted by Crippen LogP contribution is 2.14. The lowest BCUT2D eigenvalue weighted by Crippen LogP contribution is -2.41. The predicted octanol–water partition coefficient (Wildman–Crippen LogP) is 3.39. The van der Waals surface area contributed by atoms with Crippen molar-refractivity contribution in [2.24, 2.45) is 0 Å². The van der Waals surface area contributed by atoms with Crippen LogP contribution in [0.2, 0.25) is 0 Å². The summed E-state index contributed by atoms with van der Waals surface area (Å²) in [5.74, 6) is 0.651. The summed E-state index contributed by atoms with van der Waals surface area (Å²) < 4.78 is 1.74. The van der Waals surface area contributed by atoms with E-state index in [1.807, 2.05) is 81.4 Å². The first-order valence-corrected chi connectivity index (χ1v) is 8.30. The van der Waals surface area contributed by atoms with Crippen molar-refractivity contribution in [3.8, 4) is 5.69 Å². The summed E-state index contributed by atoms with van der Waals surface area (Å²) in [6, 6.07) is 19.8. The maximum atomic E-state index is 12.5. The predicted molar refractivity (Wildman–Crippen MR) is 97.8 cm³/mol. The Morgan fingerprint density at radius 1 is 1.00 bits per heavy atom. The molecule has 5 nitrogen and oxygen atoms in total. The zero-order chi connectivity index (χ0) is 17.9. The molecule has 0 bridgehead atoms. The number of nitrogens with zero attached hydrogens (tertiary/aromatic N) is 3. The van der Waals surface area contributed by atoms with Gasteiger partial charge < -0.3 is 5.32 Å². The minimum atomic E-state index is -0.338. The second-order valence-electron chi connectivity index (χ2n) is 6.97. The number of carbonyl (C=O) groups excluding carboxylic acids is 1. The van der Waals surface area contributed by atoms with Gasteiger partial charge in [-0.05, 0) is 38.5 Å². The zero-order valence-corrected chi connectivity index (χ0v) is 14.7. The second-order valence-corrected chi connectivity index (χ2v) is 6.97. The molecule has 1 N–H and O–H groups in total. The fraction of sp³-hybridized carbons (Fsp3) is 0.250. The highest BCUT2D eigenvalue weighted by molar-refractivity contribution is 5.90. The summed E-state index contributed by atoms with van der Waals surface area (Å²) in [6.45, 7) is 5.80. The summed E-state index contributed by atoms with van der Waals surface area (Å²) in [7, 11) is 0. The van der Waals surface area contributed by atoms with Crippen LogP contribution in [0.1, 0.15) is 42.8 Å². The molecule has 0 fully saturated rings. The molecule has 2 aromatic carbocycles. The number of hydrogen-bond donors (Lipinski definition) is 1. The number of rotatable bonds is 4. The highest BCUT2D eigenvalue weighted by atomic mass is 16.2. The number of aromatic nitrogens is 3. The Hall–Kier alpha value is -2.95. The molecular weight excluding hydrogens is 312 g/mol. The number of carbonyl (C=O) groups is 1. The van der Waals surface area contributed by atoms with Gasteiger partial charge in [-0.25, -0.2) is 9.67 Å². The molecule has 0 saturated carbocycles. The molecule has 1 amide bonds. The molecule has 25 heavy (non-hydrogen) atoms. The van der Waals surface area contributed by atoms with E-state index in [-0.39, 0.29) is 17.3 Å². The van der Waals surface area contributed by atoms with Gasteiger partial charge in [0.25, 0.3) is 5.91 Å². The van der Waals surface area contributed by atoms with E-state index < -0.39 is 0 Å². The Morgan fingerprint density at radius 3 is 2.20 bits per heavy atom. The van der Waals surface area contributed by atoms with E-state index in [1.165, 1.54) is 0 Å². The zero-order valence-electron chi connectivity index (χ0n) is 14.7. The molecule has 1 aromatic heterocycles. The summed E-state index contributed by atoms with van der Waals surface area (Å²) in [6.07, 6.45) is 0.603. The van der Waals surface area contributed by atoms with Crippen LogP contribution in [0.15, 0.2) is 60.7 Å². The van der Waals surface area contributed by atoms with Gasteiger partial charge in [0.15, 0.2) is 0 Å². The van der Waals surface area contributed by atoms with Gasteiger partial charge in [-0.15, -0.1) is 5.10 Å². The van der Waals surface area contributed by atoms with Gasteiger partial charge in [0.2, 0.25) is 5.82 Å². The average Bonchev–Trinajstić information content (AvgIpc) is 2.99. The second kappa shape index (κ2) is 6.89. The van der Waals surface area contributed by atoms with Crippen LogP contribution in [-0.4, -0.2) is 26.2 Å². The Balaban J connectivity index is 1.98. The Kier molecular flexibility index (Phi) is 4.65. The van der Waals surface area contributed by atoms with Gasteiger partial charge in [0, 0.05) is 12.0 Å². The largest absolute Gasteiger partial charge is 0.345 e. The van der Waals surface area contributed by atoms with Gasteiger partial charge in [-0.3, -0.25) is 4.79 Å². The molecule has 0 radical (unpaired) electrons. The number of para-hydroxylation sites is 1. The smallest absolute Gasteiger partial charge is 0.291 e. The summed E-state index contributed by atoms with van der Waals surface area (Å²) in [5.41, 5.74) is 1.67. The molecule has 0 atom stereocenters.